The van der Waals surface area contributed by atoms with E-state index in [1.807, 2.05) is 30.9 Å². The maximum atomic E-state index is 12.7. The minimum absolute atomic E-state index is 0.188. The summed E-state index contributed by atoms with van der Waals surface area (Å²) >= 11 is 0. The largest absolute Gasteiger partial charge is 0.477 e. The van der Waals surface area contributed by atoms with Gasteiger partial charge in [-0.05, 0) is 26.0 Å². The molecule has 122 valence electrons. The fourth-order valence-corrected chi connectivity index (χ4v) is 3.00. The zero-order valence-corrected chi connectivity index (χ0v) is 13.2. The maximum absolute atomic E-state index is 12.7. The molecule has 23 heavy (non-hydrogen) atoms. The van der Waals surface area contributed by atoms with Crippen molar-refractivity contribution < 1.29 is 14.6 Å². The van der Waals surface area contributed by atoms with E-state index in [0.717, 1.165) is 5.69 Å². The number of hydrogen-bond acceptors (Lipinski definition) is 5. The van der Waals surface area contributed by atoms with Crippen molar-refractivity contribution in [2.24, 2.45) is 0 Å². The Kier molecular flexibility index (Phi) is 4.04. The van der Waals surface area contributed by atoms with Crippen LogP contribution in [-0.2, 0) is 11.3 Å². The average molecular weight is 317 g/mol. The summed E-state index contributed by atoms with van der Waals surface area (Å²) in [4.78, 5) is 30.9. The molecule has 1 saturated heterocycles. The summed E-state index contributed by atoms with van der Waals surface area (Å²) in [6, 6.07) is 3.68. The van der Waals surface area contributed by atoms with Gasteiger partial charge >= 0.3 is 5.97 Å². The van der Waals surface area contributed by atoms with E-state index < -0.39 is 11.5 Å². The third-order valence-electron chi connectivity index (χ3n) is 4.08. The molecule has 3 rings (SSSR count). The van der Waals surface area contributed by atoms with Gasteiger partial charge in [0, 0.05) is 30.7 Å². The molecular weight excluding hydrogens is 298 g/mol. The third kappa shape index (κ3) is 2.57. The summed E-state index contributed by atoms with van der Waals surface area (Å²) in [6.45, 7) is 6.16. The summed E-state index contributed by atoms with van der Waals surface area (Å²) in [6.07, 6.45) is 0. The first kappa shape index (κ1) is 15.5. The third-order valence-corrected chi connectivity index (χ3v) is 4.08. The Labute approximate surface area is 133 Å². The molecule has 7 nitrogen and oxygen atoms in total. The summed E-state index contributed by atoms with van der Waals surface area (Å²) in [5, 5.41) is 10.3. The van der Waals surface area contributed by atoms with Crippen LogP contribution in [0.25, 0.3) is 11.0 Å². The van der Waals surface area contributed by atoms with Crippen LogP contribution in [0.1, 0.15) is 23.0 Å². The van der Waals surface area contributed by atoms with Gasteiger partial charge in [-0.15, -0.1) is 0 Å². The van der Waals surface area contributed by atoms with Gasteiger partial charge in [-0.1, -0.05) is 0 Å². The van der Waals surface area contributed by atoms with Gasteiger partial charge in [0.15, 0.2) is 0 Å². The molecule has 0 aromatic carbocycles. The van der Waals surface area contributed by atoms with Crippen molar-refractivity contribution >= 4 is 22.7 Å². The number of carboxylic acid groups (broad SMARTS) is 1. The van der Waals surface area contributed by atoms with E-state index in [1.165, 1.54) is 4.57 Å². The van der Waals surface area contributed by atoms with Crippen LogP contribution < -0.4 is 10.5 Å². The van der Waals surface area contributed by atoms with E-state index in [4.69, 9.17) is 4.74 Å². The van der Waals surface area contributed by atoms with Crippen LogP contribution in [0.3, 0.4) is 0 Å². The Morgan fingerprint density at radius 2 is 2.04 bits per heavy atom. The molecule has 1 N–H and O–H groups in total. The monoisotopic (exact) mass is 317 g/mol. The minimum atomic E-state index is -1.21. The Morgan fingerprint density at radius 1 is 1.35 bits per heavy atom. The van der Waals surface area contributed by atoms with Crippen LogP contribution >= 0.6 is 0 Å². The highest BCUT2D eigenvalue weighted by Crippen LogP contribution is 2.29. The van der Waals surface area contributed by atoms with Gasteiger partial charge in [0.25, 0.3) is 5.56 Å². The molecule has 0 aliphatic carbocycles. The van der Waals surface area contributed by atoms with Crippen molar-refractivity contribution in [1.29, 1.82) is 0 Å². The second kappa shape index (κ2) is 6.00. The van der Waals surface area contributed by atoms with E-state index >= 15 is 0 Å². The molecule has 1 aliphatic heterocycles. The number of pyridine rings is 2. The van der Waals surface area contributed by atoms with Gasteiger partial charge in [0.05, 0.1) is 18.9 Å². The summed E-state index contributed by atoms with van der Waals surface area (Å²) < 4.78 is 6.77. The first-order valence-electron chi connectivity index (χ1n) is 7.64. The normalized spacial score (nSPS) is 15.1. The molecule has 2 aromatic rings. The lowest BCUT2D eigenvalue weighted by atomic mass is 10.1. The standard InChI is InChI=1S/C16H19N3O4/c1-3-19-14-11(5-4-10(2)17-14)13(12(15(19)20)16(21)22)18-6-8-23-9-7-18/h4-5H,3,6-9H2,1-2H3,(H,21,22). The molecule has 0 saturated carbocycles. The van der Waals surface area contributed by atoms with Gasteiger partial charge in [-0.3, -0.25) is 9.36 Å². The predicted molar refractivity (Wildman–Crippen MR) is 86.4 cm³/mol. The van der Waals surface area contributed by atoms with Crippen LogP contribution in [0.2, 0.25) is 0 Å². The van der Waals surface area contributed by atoms with E-state index in [-0.39, 0.29) is 5.56 Å². The summed E-state index contributed by atoms with van der Waals surface area (Å²) in [5.74, 6) is -1.21. The van der Waals surface area contributed by atoms with Gasteiger partial charge in [0.2, 0.25) is 0 Å². The minimum Gasteiger partial charge on any atom is -0.477 e. The van der Waals surface area contributed by atoms with Crippen molar-refractivity contribution in [2.75, 3.05) is 31.2 Å². The molecule has 0 radical (unpaired) electrons. The number of carbonyl (C=O) groups is 1. The molecule has 2 aromatic heterocycles. The van der Waals surface area contributed by atoms with Crippen LogP contribution in [0.15, 0.2) is 16.9 Å². The molecule has 1 aliphatic rings. The summed E-state index contributed by atoms with van der Waals surface area (Å²) in [5.41, 5.74) is 1.08. The van der Waals surface area contributed by atoms with E-state index in [0.29, 0.717) is 49.6 Å². The highest BCUT2D eigenvalue weighted by molar-refractivity contribution is 6.04. The van der Waals surface area contributed by atoms with Crippen molar-refractivity contribution in [3.05, 3.63) is 33.7 Å². The molecular formula is C16H19N3O4. The van der Waals surface area contributed by atoms with Gasteiger partial charge in [-0.25, -0.2) is 9.78 Å². The second-order valence-corrected chi connectivity index (χ2v) is 5.50. The first-order chi connectivity index (χ1) is 11.0. The number of aromatic carboxylic acids is 1. The fourth-order valence-electron chi connectivity index (χ4n) is 3.00. The lowest BCUT2D eigenvalue weighted by molar-refractivity contribution is 0.0694. The zero-order valence-electron chi connectivity index (χ0n) is 13.2. The Bertz CT molecular complexity index is 822. The lowest BCUT2D eigenvalue weighted by Crippen LogP contribution is -2.40. The van der Waals surface area contributed by atoms with Crippen LogP contribution in [-0.4, -0.2) is 46.9 Å². The number of aryl methyl sites for hydroxylation is 2. The highest BCUT2D eigenvalue weighted by Gasteiger charge is 2.27. The Balaban J connectivity index is 2.41. The van der Waals surface area contributed by atoms with Crippen molar-refractivity contribution in [3.63, 3.8) is 0 Å². The zero-order chi connectivity index (χ0) is 16.6. The number of morpholine rings is 1. The van der Waals surface area contributed by atoms with Crippen LogP contribution in [0.5, 0.6) is 0 Å². The molecule has 0 amide bonds. The second-order valence-electron chi connectivity index (χ2n) is 5.50. The number of carboxylic acids is 1. The van der Waals surface area contributed by atoms with Crippen molar-refractivity contribution in [2.45, 2.75) is 20.4 Å². The highest BCUT2D eigenvalue weighted by atomic mass is 16.5. The first-order valence-corrected chi connectivity index (χ1v) is 7.64. The van der Waals surface area contributed by atoms with Crippen LogP contribution in [0, 0.1) is 6.92 Å². The van der Waals surface area contributed by atoms with Gasteiger partial charge in [0.1, 0.15) is 11.2 Å². The van der Waals surface area contributed by atoms with Gasteiger partial charge in [-0.2, -0.15) is 0 Å². The number of aromatic nitrogens is 2. The number of nitrogens with zero attached hydrogens (tertiary/aromatic N) is 3. The smallest absolute Gasteiger partial charge is 0.343 e. The number of anilines is 1. The van der Waals surface area contributed by atoms with Gasteiger partial charge < -0.3 is 14.7 Å². The maximum Gasteiger partial charge on any atom is 0.343 e. The molecule has 7 heteroatoms. The molecule has 0 atom stereocenters. The van der Waals surface area contributed by atoms with Crippen LogP contribution in [0.4, 0.5) is 5.69 Å². The Hall–Kier alpha value is -2.41. The Morgan fingerprint density at radius 3 is 2.65 bits per heavy atom. The number of rotatable bonds is 3. The van der Waals surface area contributed by atoms with E-state index in [1.54, 1.807) is 0 Å². The van der Waals surface area contributed by atoms with E-state index in [9.17, 15) is 14.7 Å². The molecule has 1 fully saturated rings. The number of fused-ring (bicyclic) bond motifs is 1. The molecule has 0 spiro atoms. The number of ether oxygens (including phenoxy) is 1. The predicted octanol–water partition coefficient (Wildman–Crippen LogP) is 1.26. The number of hydrogen-bond donors (Lipinski definition) is 1. The van der Waals surface area contributed by atoms with E-state index in [2.05, 4.69) is 4.98 Å². The topological polar surface area (TPSA) is 84.7 Å². The van der Waals surface area contributed by atoms with Crippen molar-refractivity contribution in [1.82, 2.24) is 9.55 Å². The lowest BCUT2D eigenvalue weighted by Gasteiger charge is -2.31. The average Bonchev–Trinajstić information content (AvgIpc) is 2.54. The fraction of sp³-hybridized carbons (Fsp3) is 0.438. The molecule has 0 bridgehead atoms. The summed E-state index contributed by atoms with van der Waals surface area (Å²) in [7, 11) is 0. The molecule has 3 heterocycles. The quantitative estimate of drug-likeness (QED) is 0.917. The molecule has 0 unspecified atom stereocenters. The van der Waals surface area contributed by atoms with Crippen molar-refractivity contribution in [3.8, 4) is 0 Å². The SMILES string of the molecule is CCn1c(=O)c(C(=O)O)c(N2CCOCC2)c2ccc(C)nc21.